The van der Waals surface area contributed by atoms with E-state index in [1.165, 1.54) is 93.9 Å². The third-order valence-electron chi connectivity index (χ3n) is 9.14. The Morgan fingerprint density at radius 2 is 1.18 bits per heavy atom. The van der Waals surface area contributed by atoms with Gasteiger partial charge in [-0.1, -0.05) is 109 Å². The van der Waals surface area contributed by atoms with Crippen LogP contribution in [0.1, 0.15) is 157 Å². The number of rotatable bonds is 29. The molecule has 0 aromatic heterocycles. The molecule has 0 rings (SSSR count). The third-order valence-corrected chi connectivity index (χ3v) is 9.14. The van der Waals surface area contributed by atoms with Crippen LogP contribution in [0.3, 0.4) is 0 Å². The average molecular weight is 614 g/mol. The molecule has 3 N–H and O–H groups in total. The minimum Gasteiger partial charge on any atom is -0.375 e. The topological polar surface area (TPSA) is 41.3 Å². The van der Waals surface area contributed by atoms with Crippen LogP contribution >= 0.6 is 0 Å². The zero-order valence-electron chi connectivity index (χ0n) is 31.1. The fourth-order valence-corrected chi connectivity index (χ4v) is 5.82. The van der Waals surface area contributed by atoms with Crippen molar-refractivity contribution >= 4 is 0 Å². The summed E-state index contributed by atoms with van der Waals surface area (Å²) in [4.78, 5) is 2.55. The Kier molecular flexibility index (Phi) is 28.1. The van der Waals surface area contributed by atoms with Gasteiger partial charge in [0.1, 0.15) is 0 Å². The van der Waals surface area contributed by atoms with Gasteiger partial charge in [0.15, 0.2) is 0 Å². The number of allylic oxidation sites excluding steroid dienone is 4. The van der Waals surface area contributed by atoms with Gasteiger partial charge < -0.3 is 16.0 Å². The van der Waals surface area contributed by atoms with Gasteiger partial charge in [-0.15, -0.1) is 19.7 Å². The molecular weight excluding hydrogens is 534 g/mol. The first-order chi connectivity index (χ1) is 20.8. The molecule has 44 heavy (non-hydrogen) atoms. The Morgan fingerprint density at radius 3 is 1.59 bits per heavy atom. The second kappa shape index (κ2) is 27.7. The van der Waals surface area contributed by atoms with E-state index in [-0.39, 0.29) is 11.0 Å². The highest BCUT2D eigenvalue weighted by Gasteiger charge is 2.40. The van der Waals surface area contributed by atoms with E-state index >= 15 is 0 Å². The molecule has 0 aromatic carbocycles. The van der Waals surface area contributed by atoms with E-state index in [1.807, 2.05) is 26.1 Å². The zero-order chi connectivity index (χ0) is 33.9. The van der Waals surface area contributed by atoms with Crippen LogP contribution in [0.5, 0.6) is 0 Å². The van der Waals surface area contributed by atoms with Crippen LogP contribution in [0.15, 0.2) is 61.9 Å². The minimum absolute atomic E-state index is 0.0268. The van der Waals surface area contributed by atoms with Crippen molar-refractivity contribution in [3.63, 3.8) is 0 Å². The van der Waals surface area contributed by atoms with E-state index in [4.69, 9.17) is 5.73 Å². The molecule has 0 saturated carbocycles. The first-order valence-corrected chi connectivity index (χ1v) is 18.2. The van der Waals surface area contributed by atoms with Crippen molar-refractivity contribution in [2.45, 2.75) is 163 Å². The van der Waals surface area contributed by atoms with Crippen molar-refractivity contribution in [2.24, 2.45) is 17.1 Å². The van der Waals surface area contributed by atoms with Crippen molar-refractivity contribution < 1.29 is 0 Å². The first-order valence-electron chi connectivity index (χ1n) is 18.2. The van der Waals surface area contributed by atoms with Crippen molar-refractivity contribution in [1.29, 1.82) is 0 Å². The van der Waals surface area contributed by atoms with Gasteiger partial charge in [0.25, 0.3) is 0 Å². The summed E-state index contributed by atoms with van der Waals surface area (Å²) < 4.78 is 0. The van der Waals surface area contributed by atoms with Crippen molar-refractivity contribution in [3.05, 3.63) is 61.9 Å². The minimum atomic E-state index is -0.258. The number of nitrogens with zero attached hydrogens (tertiary/aromatic N) is 1. The van der Waals surface area contributed by atoms with E-state index in [0.717, 1.165) is 58.2 Å². The molecular formula is C41H79N3. The van der Waals surface area contributed by atoms with E-state index < -0.39 is 0 Å². The Labute approximate surface area is 278 Å². The number of hydrogen-bond acceptors (Lipinski definition) is 3. The molecule has 1 unspecified atom stereocenters. The predicted molar refractivity (Wildman–Crippen MR) is 203 cm³/mol. The molecule has 0 aliphatic carbocycles. The summed E-state index contributed by atoms with van der Waals surface area (Å²) in [5.41, 5.74) is 10.2. The van der Waals surface area contributed by atoms with Crippen LogP contribution in [0.25, 0.3) is 0 Å². The van der Waals surface area contributed by atoms with Gasteiger partial charge in [-0.05, 0) is 104 Å². The van der Waals surface area contributed by atoms with Crippen molar-refractivity contribution in [2.75, 3.05) is 26.7 Å². The number of nitrogens with one attached hydrogen (secondary N) is 1. The molecule has 258 valence electrons. The van der Waals surface area contributed by atoms with Crippen LogP contribution in [0.2, 0.25) is 0 Å². The molecule has 0 saturated heterocycles. The Balaban J connectivity index is 0. The SMILES string of the molecule is C=CCCC(=C)C.C=CCCC(=C)N(CCCCCCCCCCCCNC)CCCCC(=C)C(C)(CC(C)C)C(C)(C)N. The largest absolute Gasteiger partial charge is 0.375 e. The van der Waals surface area contributed by atoms with Crippen molar-refractivity contribution in [3.8, 4) is 0 Å². The molecule has 0 fully saturated rings. The maximum Gasteiger partial charge on any atom is 0.0189 e. The van der Waals surface area contributed by atoms with Crippen molar-refractivity contribution in [1.82, 2.24) is 10.2 Å². The van der Waals surface area contributed by atoms with Gasteiger partial charge in [0, 0.05) is 29.7 Å². The van der Waals surface area contributed by atoms with Crippen LogP contribution in [-0.2, 0) is 0 Å². The molecule has 0 radical (unpaired) electrons. The molecule has 0 spiro atoms. The molecule has 3 heteroatoms. The third kappa shape index (κ3) is 23.8. The van der Waals surface area contributed by atoms with E-state index in [1.54, 1.807) is 0 Å². The average Bonchev–Trinajstić information content (AvgIpc) is 2.95. The van der Waals surface area contributed by atoms with Gasteiger partial charge in [0.2, 0.25) is 0 Å². The maximum absolute atomic E-state index is 6.65. The Hall–Kier alpha value is -1.58. The number of unbranched alkanes of at least 4 members (excludes halogenated alkanes) is 10. The normalized spacial score (nSPS) is 12.7. The second-order valence-electron chi connectivity index (χ2n) is 14.5. The lowest BCUT2D eigenvalue weighted by molar-refractivity contribution is 0.178. The molecule has 0 aromatic rings. The molecule has 0 aliphatic rings. The van der Waals surface area contributed by atoms with Gasteiger partial charge in [0.05, 0.1) is 0 Å². The second-order valence-corrected chi connectivity index (χ2v) is 14.5. The molecule has 0 amide bonds. The van der Waals surface area contributed by atoms with E-state index in [9.17, 15) is 0 Å². The van der Waals surface area contributed by atoms with Crippen LogP contribution in [0, 0.1) is 11.3 Å². The van der Waals surface area contributed by atoms with Crippen LogP contribution < -0.4 is 11.1 Å². The van der Waals surface area contributed by atoms with E-state index in [2.05, 4.69) is 77.7 Å². The highest BCUT2D eigenvalue weighted by Crippen LogP contribution is 2.43. The molecule has 0 heterocycles. The van der Waals surface area contributed by atoms with E-state index in [0.29, 0.717) is 5.92 Å². The Bertz CT molecular complexity index is 756. The van der Waals surface area contributed by atoms with Gasteiger partial charge in [-0.2, -0.15) is 0 Å². The quantitative estimate of drug-likeness (QED) is 0.0651. The monoisotopic (exact) mass is 614 g/mol. The summed E-state index contributed by atoms with van der Waals surface area (Å²) in [5, 5.41) is 3.24. The van der Waals surface area contributed by atoms with Crippen LogP contribution in [0.4, 0.5) is 0 Å². The lowest BCUT2D eigenvalue weighted by Crippen LogP contribution is -2.50. The summed E-state index contributed by atoms with van der Waals surface area (Å²) in [6.45, 7) is 36.9. The molecule has 0 aliphatic heterocycles. The predicted octanol–water partition coefficient (Wildman–Crippen LogP) is 11.9. The smallest absolute Gasteiger partial charge is 0.0189 e. The summed E-state index contributed by atoms with van der Waals surface area (Å²) in [5.74, 6) is 0.613. The van der Waals surface area contributed by atoms with Gasteiger partial charge >= 0.3 is 0 Å². The summed E-state index contributed by atoms with van der Waals surface area (Å²) >= 11 is 0. The molecule has 1 atom stereocenters. The van der Waals surface area contributed by atoms with Gasteiger partial charge in [-0.3, -0.25) is 0 Å². The van der Waals surface area contributed by atoms with Gasteiger partial charge in [-0.25, -0.2) is 0 Å². The lowest BCUT2D eigenvalue weighted by Gasteiger charge is -2.45. The number of nitrogens with two attached hydrogens (primary N) is 1. The summed E-state index contributed by atoms with van der Waals surface area (Å²) in [6, 6.07) is 0. The fourth-order valence-electron chi connectivity index (χ4n) is 5.82. The number of hydrogen-bond donors (Lipinski definition) is 2. The first kappa shape index (κ1) is 44.5. The highest BCUT2D eigenvalue weighted by molar-refractivity contribution is 5.17. The zero-order valence-corrected chi connectivity index (χ0v) is 31.1. The maximum atomic E-state index is 6.65. The summed E-state index contributed by atoms with van der Waals surface area (Å²) in [7, 11) is 2.04. The molecule has 0 bridgehead atoms. The molecule has 3 nitrogen and oxygen atoms in total. The Morgan fingerprint density at radius 1 is 0.727 bits per heavy atom. The summed E-state index contributed by atoms with van der Waals surface area (Å²) in [6.07, 6.45) is 26.3. The van der Waals surface area contributed by atoms with Crippen LogP contribution in [-0.4, -0.2) is 37.1 Å². The lowest BCUT2D eigenvalue weighted by atomic mass is 9.63. The highest BCUT2D eigenvalue weighted by atomic mass is 15.1. The standard InChI is InChI=1S/C34H67N3.C7H12/c1-10-11-25-32(5)37(27-22-19-17-15-13-12-14-16-18-21-26-36-9)28-23-20-24-31(4)34(8,29-30(2)3)33(6,7)35;1-4-5-6-7(2)3/h10,30,36H,1,4-5,11-29,35H2,2-3,6-9H3;4H,1-2,5-6H2,3H3. The fraction of sp³-hybridized carbons (Fsp3) is 0.756.